The summed E-state index contributed by atoms with van der Waals surface area (Å²) >= 11 is 1.46. The van der Waals surface area contributed by atoms with Gasteiger partial charge in [0.25, 0.3) is 0 Å². The summed E-state index contributed by atoms with van der Waals surface area (Å²) in [6, 6.07) is 3.83. The molecule has 4 N–H and O–H groups in total. The number of ether oxygens (including phenoxy) is 1. The Kier molecular flexibility index (Phi) is 2.75. The van der Waals surface area contributed by atoms with Gasteiger partial charge in [0.15, 0.2) is 5.13 Å². The molecule has 0 spiro atoms. The van der Waals surface area contributed by atoms with Crippen molar-refractivity contribution in [1.82, 2.24) is 4.98 Å². The lowest BCUT2D eigenvalue weighted by Crippen LogP contribution is -1.97. The molecule has 80 valence electrons. The first-order valence-electron chi connectivity index (χ1n) is 4.64. The second kappa shape index (κ2) is 4.04. The van der Waals surface area contributed by atoms with E-state index in [1.54, 1.807) is 7.11 Å². The van der Waals surface area contributed by atoms with Crippen molar-refractivity contribution in [2.75, 3.05) is 25.2 Å². The zero-order chi connectivity index (χ0) is 10.8. The molecule has 0 atom stereocenters. The monoisotopic (exact) mass is 223 g/mol. The van der Waals surface area contributed by atoms with Crippen molar-refractivity contribution in [3.63, 3.8) is 0 Å². The smallest absolute Gasteiger partial charge is 0.181 e. The average Bonchev–Trinajstić information content (AvgIpc) is 2.54. The molecule has 1 aromatic heterocycles. The minimum absolute atomic E-state index is 0.578. The Morgan fingerprint density at radius 2 is 2.20 bits per heavy atom. The SMILES string of the molecule is COCCc1cc(N)cc2sc(N)nc12. The summed E-state index contributed by atoms with van der Waals surface area (Å²) in [5.74, 6) is 0. The molecule has 0 saturated heterocycles. The maximum Gasteiger partial charge on any atom is 0.181 e. The summed E-state index contributed by atoms with van der Waals surface area (Å²) in [6.07, 6.45) is 0.807. The van der Waals surface area contributed by atoms with Crippen molar-refractivity contribution in [2.24, 2.45) is 0 Å². The molecule has 0 saturated carbocycles. The van der Waals surface area contributed by atoms with Gasteiger partial charge in [-0.2, -0.15) is 0 Å². The largest absolute Gasteiger partial charge is 0.399 e. The van der Waals surface area contributed by atoms with Crippen molar-refractivity contribution < 1.29 is 4.74 Å². The van der Waals surface area contributed by atoms with Gasteiger partial charge >= 0.3 is 0 Å². The molecule has 0 aliphatic rings. The number of aromatic nitrogens is 1. The number of anilines is 2. The predicted octanol–water partition coefficient (Wildman–Crippen LogP) is 1.65. The van der Waals surface area contributed by atoms with Gasteiger partial charge in [0.1, 0.15) is 0 Å². The lowest BCUT2D eigenvalue weighted by Gasteiger charge is -2.03. The summed E-state index contributed by atoms with van der Waals surface area (Å²) in [4.78, 5) is 4.29. The number of methoxy groups -OCH3 is 1. The standard InChI is InChI=1S/C10H13N3OS/c1-14-3-2-6-4-7(11)5-8-9(6)13-10(12)15-8/h4-5H,2-3,11H2,1H3,(H2,12,13). The zero-order valence-electron chi connectivity index (χ0n) is 8.49. The third kappa shape index (κ3) is 2.03. The number of hydrogen-bond acceptors (Lipinski definition) is 5. The molecule has 2 rings (SSSR count). The fraction of sp³-hybridized carbons (Fsp3) is 0.300. The first-order chi connectivity index (χ1) is 7.20. The van der Waals surface area contributed by atoms with Crippen LogP contribution in [0.15, 0.2) is 12.1 Å². The third-order valence-electron chi connectivity index (χ3n) is 2.19. The van der Waals surface area contributed by atoms with Gasteiger partial charge in [0, 0.05) is 12.8 Å². The molecule has 2 aromatic rings. The lowest BCUT2D eigenvalue weighted by atomic mass is 10.1. The van der Waals surface area contributed by atoms with Crippen LogP contribution in [-0.2, 0) is 11.2 Å². The van der Waals surface area contributed by atoms with E-state index in [4.69, 9.17) is 16.2 Å². The van der Waals surface area contributed by atoms with Gasteiger partial charge in [-0.05, 0) is 24.1 Å². The summed E-state index contributed by atoms with van der Waals surface area (Å²) in [7, 11) is 1.68. The van der Waals surface area contributed by atoms with Gasteiger partial charge in [-0.3, -0.25) is 0 Å². The highest BCUT2D eigenvalue weighted by molar-refractivity contribution is 7.22. The molecule has 0 bridgehead atoms. The average molecular weight is 223 g/mol. The highest BCUT2D eigenvalue weighted by Crippen LogP contribution is 2.29. The van der Waals surface area contributed by atoms with Crippen LogP contribution in [0.25, 0.3) is 10.2 Å². The van der Waals surface area contributed by atoms with Crippen LogP contribution >= 0.6 is 11.3 Å². The van der Waals surface area contributed by atoms with Crippen molar-refractivity contribution in [3.05, 3.63) is 17.7 Å². The summed E-state index contributed by atoms with van der Waals surface area (Å²) in [6.45, 7) is 0.663. The van der Waals surface area contributed by atoms with Crippen LogP contribution in [0.1, 0.15) is 5.56 Å². The van der Waals surface area contributed by atoms with Crippen LogP contribution in [-0.4, -0.2) is 18.7 Å². The predicted molar refractivity (Wildman–Crippen MR) is 64.0 cm³/mol. The van der Waals surface area contributed by atoms with E-state index < -0.39 is 0 Å². The van der Waals surface area contributed by atoms with Crippen molar-refractivity contribution in [2.45, 2.75) is 6.42 Å². The van der Waals surface area contributed by atoms with Crippen LogP contribution in [0.2, 0.25) is 0 Å². The van der Waals surface area contributed by atoms with Crippen molar-refractivity contribution >= 4 is 32.4 Å². The van der Waals surface area contributed by atoms with Crippen molar-refractivity contribution in [3.8, 4) is 0 Å². The fourth-order valence-corrected chi connectivity index (χ4v) is 2.37. The van der Waals surface area contributed by atoms with Crippen LogP contribution in [0.4, 0.5) is 10.8 Å². The molecule has 1 heterocycles. The molecule has 5 heteroatoms. The second-order valence-corrected chi connectivity index (χ2v) is 4.38. The first kappa shape index (κ1) is 10.2. The van der Waals surface area contributed by atoms with E-state index in [9.17, 15) is 0 Å². The normalized spacial score (nSPS) is 11.0. The minimum atomic E-state index is 0.578. The molecule has 0 amide bonds. The molecule has 0 fully saturated rings. The topological polar surface area (TPSA) is 74.2 Å². The summed E-state index contributed by atoms with van der Waals surface area (Å²) in [5, 5.41) is 0.578. The quantitative estimate of drug-likeness (QED) is 0.776. The molecule has 1 aromatic carbocycles. The van der Waals surface area contributed by atoms with Crippen LogP contribution in [0.5, 0.6) is 0 Å². The van der Waals surface area contributed by atoms with Crippen molar-refractivity contribution in [1.29, 1.82) is 0 Å². The molecule has 4 nitrogen and oxygen atoms in total. The van der Waals surface area contributed by atoms with Crippen LogP contribution < -0.4 is 11.5 Å². The van der Waals surface area contributed by atoms with Crippen LogP contribution in [0, 0.1) is 0 Å². The molecule has 0 radical (unpaired) electrons. The molecular formula is C10H13N3OS. The number of thiazole rings is 1. The highest BCUT2D eigenvalue weighted by atomic mass is 32.1. The molecular weight excluding hydrogens is 210 g/mol. The van der Waals surface area contributed by atoms with E-state index in [1.807, 2.05) is 12.1 Å². The van der Waals surface area contributed by atoms with E-state index in [0.717, 1.165) is 27.9 Å². The Morgan fingerprint density at radius 3 is 2.93 bits per heavy atom. The third-order valence-corrected chi connectivity index (χ3v) is 3.02. The van der Waals surface area contributed by atoms with Gasteiger partial charge in [-0.15, -0.1) is 0 Å². The zero-order valence-corrected chi connectivity index (χ0v) is 9.30. The van der Waals surface area contributed by atoms with Gasteiger partial charge in [0.2, 0.25) is 0 Å². The molecule has 0 aliphatic carbocycles. The molecule has 0 aliphatic heterocycles. The Balaban J connectivity index is 2.50. The first-order valence-corrected chi connectivity index (χ1v) is 5.45. The second-order valence-electron chi connectivity index (χ2n) is 3.32. The minimum Gasteiger partial charge on any atom is -0.399 e. The maximum atomic E-state index is 5.80. The summed E-state index contributed by atoms with van der Waals surface area (Å²) < 4.78 is 6.09. The lowest BCUT2D eigenvalue weighted by molar-refractivity contribution is 0.202. The number of nitrogen functional groups attached to an aromatic ring is 2. The number of nitrogens with zero attached hydrogens (tertiary/aromatic N) is 1. The Hall–Kier alpha value is -1.33. The Morgan fingerprint density at radius 1 is 1.40 bits per heavy atom. The fourth-order valence-electron chi connectivity index (χ4n) is 1.54. The number of fused-ring (bicyclic) bond motifs is 1. The van der Waals surface area contributed by atoms with E-state index in [0.29, 0.717) is 11.7 Å². The summed E-state index contributed by atoms with van der Waals surface area (Å²) in [5.41, 5.74) is 14.3. The number of hydrogen-bond donors (Lipinski definition) is 2. The van der Waals surface area contributed by atoms with Gasteiger partial charge in [0.05, 0.1) is 16.8 Å². The number of rotatable bonds is 3. The Bertz CT molecular complexity index is 481. The van der Waals surface area contributed by atoms with Gasteiger partial charge in [-0.1, -0.05) is 11.3 Å². The van der Waals surface area contributed by atoms with E-state index in [1.165, 1.54) is 11.3 Å². The van der Waals surface area contributed by atoms with E-state index >= 15 is 0 Å². The van der Waals surface area contributed by atoms with Gasteiger partial charge in [-0.25, -0.2) is 4.98 Å². The number of nitrogens with two attached hydrogens (primary N) is 2. The van der Waals surface area contributed by atoms with E-state index in [-0.39, 0.29) is 0 Å². The van der Waals surface area contributed by atoms with Gasteiger partial charge < -0.3 is 16.2 Å². The highest BCUT2D eigenvalue weighted by Gasteiger charge is 2.07. The molecule has 15 heavy (non-hydrogen) atoms. The Labute approximate surface area is 91.9 Å². The van der Waals surface area contributed by atoms with Crippen LogP contribution in [0.3, 0.4) is 0 Å². The number of benzene rings is 1. The molecule has 0 unspecified atom stereocenters. The van der Waals surface area contributed by atoms with E-state index in [2.05, 4.69) is 4.98 Å². The maximum absolute atomic E-state index is 5.80.